The van der Waals surface area contributed by atoms with Crippen LogP contribution in [0, 0.1) is 6.92 Å². The molecule has 0 aliphatic rings. The minimum absolute atomic E-state index is 0.106. The van der Waals surface area contributed by atoms with Crippen LogP contribution in [0.5, 0.6) is 5.75 Å². The van der Waals surface area contributed by atoms with E-state index in [1.54, 1.807) is 43.2 Å². The molecule has 0 saturated carbocycles. The van der Waals surface area contributed by atoms with Gasteiger partial charge >= 0.3 is 0 Å². The zero-order valence-electron chi connectivity index (χ0n) is 20.5. The Bertz CT molecular complexity index is 1340. The van der Waals surface area contributed by atoms with Gasteiger partial charge in [0.1, 0.15) is 23.9 Å². The van der Waals surface area contributed by atoms with Crippen LogP contribution in [0.3, 0.4) is 0 Å². The largest absolute Gasteiger partial charge is 0.497 e. The van der Waals surface area contributed by atoms with E-state index < -0.39 is 6.04 Å². The Morgan fingerprint density at radius 1 is 1.03 bits per heavy atom. The van der Waals surface area contributed by atoms with Crippen molar-refractivity contribution in [1.82, 2.24) is 20.3 Å². The van der Waals surface area contributed by atoms with Gasteiger partial charge in [-0.3, -0.25) is 14.5 Å². The highest BCUT2D eigenvalue weighted by Gasteiger charge is 2.33. The number of carbonyl (C=O) groups is 2. The highest BCUT2D eigenvalue weighted by Crippen LogP contribution is 2.31. The number of aromatic nitrogens is 3. The van der Waals surface area contributed by atoms with E-state index in [1.165, 1.54) is 4.90 Å². The Morgan fingerprint density at radius 2 is 1.81 bits per heavy atom. The van der Waals surface area contributed by atoms with Crippen LogP contribution in [0.4, 0.5) is 5.69 Å². The van der Waals surface area contributed by atoms with Gasteiger partial charge in [-0.1, -0.05) is 53.2 Å². The Morgan fingerprint density at radius 3 is 2.56 bits per heavy atom. The number of methoxy groups -OCH3 is 2. The predicted molar refractivity (Wildman–Crippen MR) is 137 cm³/mol. The van der Waals surface area contributed by atoms with Crippen molar-refractivity contribution in [2.45, 2.75) is 19.5 Å². The maximum Gasteiger partial charge on any atom is 0.249 e. The Hall–Kier alpha value is -4.24. The highest BCUT2D eigenvalue weighted by molar-refractivity contribution is 6.01. The number of nitrogens with zero attached hydrogens (tertiary/aromatic N) is 4. The number of para-hydroxylation sites is 1. The van der Waals surface area contributed by atoms with Gasteiger partial charge in [0.25, 0.3) is 0 Å². The van der Waals surface area contributed by atoms with E-state index in [9.17, 15) is 9.59 Å². The minimum atomic E-state index is -0.933. The molecule has 186 valence electrons. The minimum Gasteiger partial charge on any atom is -0.497 e. The zero-order valence-corrected chi connectivity index (χ0v) is 20.5. The number of hydrogen-bond acceptors (Lipinski definition) is 6. The van der Waals surface area contributed by atoms with Gasteiger partial charge < -0.3 is 14.8 Å². The van der Waals surface area contributed by atoms with Gasteiger partial charge in [0.2, 0.25) is 11.8 Å². The Balaban J connectivity index is 1.79. The number of carbonyl (C=O) groups excluding carboxylic acids is 2. The molecule has 0 fully saturated rings. The van der Waals surface area contributed by atoms with Crippen LogP contribution in [0.25, 0.3) is 11.0 Å². The van der Waals surface area contributed by atoms with Gasteiger partial charge in [-0.25, -0.2) is 4.68 Å². The van der Waals surface area contributed by atoms with Gasteiger partial charge in [0.05, 0.1) is 19.2 Å². The molecule has 4 rings (SSSR count). The smallest absolute Gasteiger partial charge is 0.249 e. The summed E-state index contributed by atoms with van der Waals surface area (Å²) in [6.07, 6.45) is 0. The summed E-state index contributed by atoms with van der Waals surface area (Å²) in [5.74, 6) is -0.0825. The van der Waals surface area contributed by atoms with Crippen LogP contribution in [-0.4, -0.2) is 54.2 Å². The summed E-state index contributed by atoms with van der Waals surface area (Å²) in [4.78, 5) is 29.0. The number of fused-ring (bicyclic) bond motifs is 1. The number of amides is 2. The first-order valence-corrected chi connectivity index (χ1v) is 11.6. The van der Waals surface area contributed by atoms with Crippen molar-refractivity contribution in [2.24, 2.45) is 0 Å². The Labute approximate surface area is 209 Å². The van der Waals surface area contributed by atoms with Crippen molar-refractivity contribution in [3.63, 3.8) is 0 Å². The topological polar surface area (TPSA) is 98.6 Å². The molecule has 1 N–H and O–H groups in total. The molecule has 1 aromatic heterocycles. The van der Waals surface area contributed by atoms with E-state index in [0.29, 0.717) is 35.7 Å². The molecule has 9 nitrogen and oxygen atoms in total. The first-order chi connectivity index (χ1) is 17.5. The van der Waals surface area contributed by atoms with Gasteiger partial charge in [0.15, 0.2) is 0 Å². The lowest BCUT2D eigenvalue weighted by Crippen LogP contribution is -2.46. The molecule has 0 aliphatic heterocycles. The molecule has 0 bridgehead atoms. The number of rotatable bonds is 10. The molecular weight excluding hydrogens is 458 g/mol. The summed E-state index contributed by atoms with van der Waals surface area (Å²) in [7, 11) is 3.12. The molecule has 1 atom stereocenters. The van der Waals surface area contributed by atoms with E-state index in [1.807, 2.05) is 55.5 Å². The zero-order chi connectivity index (χ0) is 25.5. The van der Waals surface area contributed by atoms with Gasteiger partial charge in [0, 0.05) is 25.4 Å². The predicted octanol–water partition coefficient (Wildman–Crippen LogP) is 3.29. The number of aryl methyl sites for hydroxylation is 1. The van der Waals surface area contributed by atoms with Gasteiger partial charge in [-0.05, 0) is 36.8 Å². The highest BCUT2D eigenvalue weighted by atomic mass is 16.5. The molecule has 1 heterocycles. The van der Waals surface area contributed by atoms with Crippen molar-refractivity contribution in [1.29, 1.82) is 0 Å². The number of hydrogen-bond donors (Lipinski definition) is 1. The monoisotopic (exact) mass is 487 g/mol. The first kappa shape index (κ1) is 24.9. The van der Waals surface area contributed by atoms with E-state index in [0.717, 1.165) is 11.1 Å². The summed E-state index contributed by atoms with van der Waals surface area (Å²) < 4.78 is 12.0. The molecule has 0 aliphatic carbocycles. The quantitative estimate of drug-likeness (QED) is 0.345. The molecule has 1 unspecified atom stereocenters. The molecule has 3 aromatic carbocycles. The second-order valence-corrected chi connectivity index (χ2v) is 8.30. The van der Waals surface area contributed by atoms with E-state index >= 15 is 0 Å². The average Bonchev–Trinajstić information content (AvgIpc) is 3.30. The normalized spacial score (nSPS) is 11.8. The van der Waals surface area contributed by atoms with Crippen LogP contribution >= 0.6 is 0 Å². The van der Waals surface area contributed by atoms with Crippen LogP contribution in [-0.2, 0) is 20.9 Å². The molecule has 0 saturated heterocycles. The van der Waals surface area contributed by atoms with Crippen molar-refractivity contribution >= 4 is 28.5 Å². The second-order valence-electron chi connectivity index (χ2n) is 8.30. The third kappa shape index (κ3) is 5.52. The van der Waals surface area contributed by atoms with Crippen molar-refractivity contribution in [3.8, 4) is 5.75 Å². The second kappa shape index (κ2) is 11.5. The fraction of sp³-hybridized carbons (Fsp3) is 0.259. The van der Waals surface area contributed by atoms with Crippen LogP contribution in [0.2, 0.25) is 0 Å². The van der Waals surface area contributed by atoms with Crippen LogP contribution in [0.15, 0.2) is 72.8 Å². The summed E-state index contributed by atoms with van der Waals surface area (Å²) in [6, 6.07) is 21.1. The Kier molecular flexibility index (Phi) is 7.92. The van der Waals surface area contributed by atoms with Crippen LogP contribution in [0.1, 0.15) is 17.2 Å². The number of anilines is 1. The van der Waals surface area contributed by atoms with E-state index in [-0.39, 0.29) is 18.4 Å². The summed E-state index contributed by atoms with van der Waals surface area (Å²) >= 11 is 0. The molecule has 2 amide bonds. The maximum absolute atomic E-state index is 14.0. The molecular formula is C27H29N5O4. The number of nitrogens with one attached hydrogen (secondary N) is 1. The first-order valence-electron chi connectivity index (χ1n) is 11.6. The summed E-state index contributed by atoms with van der Waals surface area (Å²) in [5, 5.41) is 11.2. The standard InChI is InChI=1S/C27H29N5O4/c1-19-11-13-20(14-12-19)26(27(34)28-15-16-35-2)32(21-7-6-8-22(17-21)36-3)25(33)18-31-24-10-5-4-9-23(24)29-30-31/h4-14,17,26H,15-16,18H2,1-3H3,(H,28,34). The summed E-state index contributed by atoms with van der Waals surface area (Å²) in [6.45, 7) is 2.53. The molecule has 36 heavy (non-hydrogen) atoms. The summed E-state index contributed by atoms with van der Waals surface area (Å²) in [5.41, 5.74) is 3.66. The van der Waals surface area contributed by atoms with Crippen LogP contribution < -0.4 is 15.0 Å². The maximum atomic E-state index is 14.0. The third-order valence-corrected chi connectivity index (χ3v) is 5.81. The third-order valence-electron chi connectivity index (χ3n) is 5.81. The lowest BCUT2D eigenvalue weighted by Gasteiger charge is -2.32. The van der Waals surface area contributed by atoms with Gasteiger partial charge in [-0.15, -0.1) is 5.10 Å². The fourth-order valence-corrected chi connectivity index (χ4v) is 3.98. The number of ether oxygens (including phenoxy) is 2. The van der Waals surface area contributed by atoms with E-state index in [2.05, 4.69) is 15.6 Å². The van der Waals surface area contributed by atoms with Gasteiger partial charge in [-0.2, -0.15) is 0 Å². The van der Waals surface area contributed by atoms with E-state index in [4.69, 9.17) is 9.47 Å². The SMILES string of the molecule is COCCNC(=O)C(c1ccc(C)cc1)N(C(=O)Cn1nnc2ccccc21)c1cccc(OC)c1. The van der Waals surface area contributed by atoms with Crippen molar-refractivity contribution in [3.05, 3.63) is 83.9 Å². The molecule has 9 heteroatoms. The number of benzene rings is 3. The average molecular weight is 488 g/mol. The van der Waals surface area contributed by atoms with Crippen molar-refractivity contribution in [2.75, 3.05) is 32.3 Å². The molecule has 0 spiro atoms. The lowest BCUT2D eigenvalue weighted by atomic mass is 10.0. The molecule has 0 radical (unpaired) electrons. The fourth-order valence-electron chi connectivity index (χ4n) is 3.98. The lowest BCUT2D eigenvalue weighted by molar-refractivity contribution is -0.127. The molecule has 4 aromatic rings. The van der Waals surface area contributed by atoms with Crippen molar-refractivity contribution < 1.29 is 19.1 Å².